The maximum absolute atomic E-state index is 11.6. The van der Waals surface area contributed by atoms with E-state index in [1.807, 2.05) is 13.8 Å². The summed E-state index contributed by atoms with van der Waals surface area (Å²) in [5, 5.41) is 0. The molecule has 25 heavy (non-hydrogen) atoms. The van der Waals surface area contributed by atoms with Crippen molar-refractivity contribution in [1.82, 2.24) is 0 Å². The Morgan fingerprint density at radius 2 is 1.48 bits per heavy atom. The number of rotatable bonds is 4. The topological polar surface area (TPSA) is 54.0 Å². The first-order valence-corrected chi connectivity index (χ1v) is 9.80. The highest BCUT2D eigenvalue weighted by Gasteiger charge is 2.47. The predicted molar refractivity (Wildman–Crippen MR) is 96.0 cm³/mol. The number of esters is 1. The Balaban J connectivity index is 2.19. The van der Waals surface area contributed by atoms with Gasteiger partial charge in [-0.2, -0.15) is 0 Å². The van der Waals surface area contributed by atoms with Crippen molar-refractivity contribution in [2.75, 3.05) is 0 Å². The number of hydrogen-bond acceptors (Lipinski definition) is 5. The lowest BCUT2D eigenvalue weighted by atomic mass is 9.78. The van der Waals surface area contributed by atoms with Crippen LogP contribution in [0.1, 0.15) is 61.8 Å². The molecule has 2 saturated heterocycles. The molecule has 2 aliphatic heterocycles. The average Bonchev–Trinajstić information content (AvgIpc) is 2.55. The summed E-state index contributed by atoms with van der Waals surface area (Å²) in [5.74, 6) is 1.12. The first-order chi connectivity index (χ1) is 11.7. The van der Waals surface area contributed by atoms with E-state index >= 15 is 0 Å². The van der Waals surface area contributed by atoms with E-state index in [4.69, 9.17) is 18.9 Å². The summed E-state index contributed by atoms with van der Waals surface area (Å²) >= 11 is 0. The van der Waals surface area contributed by atoms with Crippen molar-refractivity contribution in [2.24, 2.45) is 23.7 Å². The molecule has 0 radical (unpaired) electrons. The van der Waals surface area contributed by atoms with Crippen molar-refractivity contribution >= 4 is 5.97 Å². The second kappa shape index (κ2) is 8.36. The Bertz CT molecular complexity index is 451. The Labute approximate surface area is 152 Å². The molecule has 5 nitrogen and oxygen atoms in total. The van der Waals surface area contributed by atoms with Crippen molar-refractivity contribution in [2.45, 2.75) is 98.6 Å². The molecule has 0 amide bonds. The van der Waals surface area contributed by atoms with Crippen LogP contribution < -0.4 is 0 Å². The molecule has 2 aliphatic rings. The largest absolute Gasteiger partial charge is 0.457 e. The molecule has 10 atom stereocenters. The molecular weight excluding hydrogens is 320 g/mol. The molecule has 0 bridgehead atoms. The van der Waals surface area contributed by atoms with Crippen LogP contribution in [-0.4, -0.2) is 42.8 Å². The standard InChI is InChI=1S/C20H36O5/c1-9-17-11(3)10(2)12(4)20(24-17)25-18-13(5)14(6)22-15(7)19(18)23-16(8)21/h10-15,17-20H,9H2,1-8H3/t10-,11-,12?,13-,14?,15-,17?,18-,19?,20-/m0/s1. The molecule has 0 aromatic heterocycles. The Hall–Kier alpha value is -0.650. The highest BCUT2D eigenvalue weighted by molar-refractivity contribution is 5.66. The lowest BCUT2D eigenvalue weighted by Gasteiger charge is -2.48. The van der Waals surface area contributed by atoms with Gasteiger partial charge in [-0.3, -0.25) is 4.79 Å². The van der Waals surface area contributed by atoms with Crippen LogP contribution in [-0.2, 0) is 23.7 Å². The third kappa shape index (κ3) is 4.37. The van der Waals surface area contributed by atoms with Gasteiger partial charge in [0.25, 0.3) is 0 Å². The second-order valence-corrected chi connectivity index (χ2v) is 8.11. The van der Waals surface area contributed by atoms with Crippen LogP contribution in [0, 0.1) is 23.7 Å². The van der Waals surface area contributed by atoms with Gasteiger partial charge >= 0.3 is 5.97 Å². The van der Waals surface area contributed by atoms with Crippen molar-refractivity contribution in [3.05, 3.63) is 0 Å². The van der Waals surface area contributed by atoms with Gasteiger partial charge in [-0.05, 0) is 32.1 Å². The fraction of sp³-hybridized carbons (Fsp3) is 0.950. The average molecular weight is 357 g/mol. The second-order valence-electron chi connectivity index (χ2n) is 8.11. The molecule has 0 saturated carbocycles. The van der Waals surface area contributed by atoms with E-state index in [1.165, 1.54) is 6.92 Å². The molecule has 0 aromatic carbocycles. The minimum absolute atomic E-state index is 0.0454. The van der Waals surface area contributed by atoms with Gasteiger partial charge in [0.2, 0.25) is 0 Å². The first-order valence-electron chi connectivity index (χ1n) is 9.80. The minimum Gasteiger partial charge on any atom is -0.457 e. The molecular formula is C20H36O5. The van der Waals surface area contributed by atoms with Crippen molar-refractivity contribution in [3.8, 4) is 0 Å². The minimum atomic E-state index is -0.408. The van der Waals surface area contributed by atoms with Gasteiger partial charge in [-0.25, -0.2) is 0 Å². The van der Waals surface area contributed by atoms with Crippen LogP contribution >= 0.6 is 0 Å². The first kappa shape index (κ1) is 20.7. The molecule has 0 spiro atoms. The zero-order chi connectivity index (χ0) is 18.9. The molecule has 146 valence electrons. The lowest BCUT2D eigenvalue weighted by molar-refractivity contribution is -0.304. The van der Waals surface area contributed by atoms with Crippen LogP contribution in [0.25, 0.3) is 0 Å². The van der Waals surface area contributed by atoms with E-state index in [0.29, 0.717) is 11.8 Å². The SMILES string of the molecule is CCC1O[C@@H](O[C@@H]2C(OC(C)=O)[C@H](C)OC(C)[C@@H]2C)C(C)[C@@H](C)[C@@H]1C. The summed E-state index contributed by atoms with van der Waals surface area (Å²) in [4.78, 5) is 11.6. The molecule has 2 rings (SSSR count). The normalized spacial score (nSPS) is 48.2. The lowest BCUT2D eigenvalue weighted by Crippen LogP contribution is -2.57. The van der Waals surface area contributed by atoms with Crippen LogP contribution in [0.4, 0.5) is 0 Å². The Morgan fingerprint density at radius 1 is 0.840 bits per heavy atom. The fourth-order valence-corrected chi connectivity index (χ4v) is 4.19. The van der Waals surface area contributed by atoms with E-state index in [1.54, 1.807) is 0 Å². The number of hydrogen-bond donors (Lipinski definition) is 0. The molecule has 0 aromatic rings. The van der Waals surface area contributed by atoms with E-state index in [0.717, 1.165) is 6.42 Å². The monoisotopic (exact) mass is 356 g/mol. The van der Waals surface area contributed by atoms with Gasteiger partial charge in [-0.15, -0.1) is 0 Å². The van der Waals surface area contributed by atoms with E-state index in [2.05, 4.69) is 34.6 Å². The van der Waals surface area contributed by atoms with E-state index < -0.39 is 6.10 Å². The van der Waals surface area contributed by atoms with Crippen LogP contribution in [0.5, 0.6) is 0 Å². The van der Waals surface area contributed by atoms with Crippen molar-refractivity contribution < 1.29 is 23.7 Å². The summed E-state index contributed by atoms with van der Waals surface area (Å²) in [6.07, 6.45) is 0.109. The highest BCUT2D eigenvalue weighted by atomic mass is 16.7. The zero-order valence-electron chi connectivity index (χ0n) is 17.0. The van der Waals surface area contributed by atoms with E-state index in [-0.39, 0.29) is 48.5 Å². The molecule has 2 fully saturated rings. The Kier molecular flexibility index (Phi) is 6.91. The van der Waals surface area contributed by atoms with Gasteiger partial charge < -0.3 is 18.9 Å². The number of carbonyl (C=O) groups is 1. The number of carbonyl (C=O) groups excluding carboxylic acids is 1. The Morgan fingerprint density at radius 3 is 2.04 bits per heavy atom. The van der Waals surface area contributed by atoms with Gasteiger partial charge in [-0.1, -0.05) is 34.6 Å². The molecule has 4 unspecified atom stereocenters. The smallest absolute Gasteiger partial charge is 0.303 e. The summed E-state index contributed by atoms with van der Waals surface area (Å²) < 4.78 is 24.3. The van der Waals surface area contributed by atoms with E-state index in [9.17, 15) is 4.79 Å². The molecule has 2 heterocycles. The third-order valence-electron chi connectivity index (χ3n) is 6.45. The van der Waals surface area contributed by atoms with Crippen molar-refractivity contribution in [3.63, 3.8) is 0 Å². The highest BCUT2D eigenvalue weighted by Crippen LogP contribution is 2.39. The van der Waals surface area contributed by atoms with Crippen LogP contribution in [0.2, 0.25) is 0 Å². The molecule has 0 N–H and O–H groups in total. The van der Waals surface area contributed by atoms with Crippen LogP contribution in [0.3, 0.4) is 0 Å². The van der Waals surface area contributed by atoms with Gasteiger partial charge in [0, 0.05) is 18.8 Å². The zero-order valence-corrected chi connectivity index (χ0v) is 17.0. The molecule has 0 aliphatic carbocycles. The maximum atomic E-state index is 11.6. The fourth-order valence-electron chi connectivity index (χ4n) is 4.19. The summed E-state index contributed by atoms with van der Waals surface area (Å²) in [7, 11) is 0. The predicted octanol–water partition coefficient (Wildman–Crippen LogP) is 3.79. The third-order valence-corrected chi connectivity index (χ3v) is 6.45. The maximum Gasteiger partial charge on any atom is 0.303 e. The summed E-state index contributed by atoms with van der Waals surface area (Å²) in [6.45, 7) is 16.4. The number of ether oxygens (including phenoxy) is 4. The molecule has 5 heteroatoms. The van der Waals surface area contributed by atoms with Crippen molar-refractivity contribution in [1.29, 1.82) is 0 Å². The quantitative estimate of drug-likeness (QED) is 0.717. The van der Waals surface area contributed by atoms with Crippen LogP contribution in [0.15, 0.2) is 0 Å². The van der Waals surface area contributed by atoms with Gasteiger partial charge in [0.15, 0.2) is 12.4 Å². The summed E-state index contributed by atoms with van der Waals surface area (Å²) in [6, 6.07) is 0. The summed E-state index contributed by atoms with van der Waals surface area (Å²) in [5.41, 5.74) is 0. The van der Waals surface area contributed by atoms with Gasteiger partial charge in [0.1, 0.15) is 6.10 Å². The van der Waals surface area contributed by atoms with Gasteiger partial charge in [0.05, 0.1) is 18.3 Å².